The Balaban J connectivity index is 0.950. The standard InChI is InChI=1S/C60H38/c1-5-17-45-41(13-1)35-55-53(45)33-43-15-3-7-19-47(43)57(55)37-25-29-39(30-26-37)59-49-21-9-11-23-51(49)60(52-24-12-10-22-50(52)59)40-31-27-38(28-32-40)58-48-20-8-4-16-44(48)34-54-46-18-6-2-14-42(46)36-56(54)58/h1-34H,35-36H2. The van der Waals surface area contributed by atoms with Gasteiger partial charge < -0.3 is 0 Å². The van der Waals surface area contributed by atoms with Crippen LogP contribution in [0.3, 0.4) is 0 Å². The molecule has 2 aliphatic rings. The van der Waals surface area contributed by atoms with Crippen molar-refractivity contribution < 1.29 is 0 Å². The number of hydrogen-bond donors (Lipinski definition) is 0. The third-order valence-electron chi connectivity index (χ3n) is 13.5. The molecule has 11 aromatic rings. The Morgan fingerprint density at radius 1 is 0.233 bits per heavy atom. The average molecular weight is 759 g/mol. The first-order valence-corrected chi connectivity index (χ1v) is 21.2. The highest BCUT2D eigenvalue weighted by atomic mass is 14.3. The molecule has 2 aliphatic carbocycles. The number of rotatable bonds is 4. The van der Waals surface area contributed by atoms with Crippen LogP contribution in [-0.4, -0.2) is 0 Å². The van der Waals surface area contributed by atoms with Crippen molar-refractivity contribution in [2.24, 2.45) is 0 Å². The third kappa shape index (κ3) is 4.92. The predicted octanol–water partition coefficient (Wildman–Crippen LogP) is 16.1. The van der Waals surface area contributed by atoms with Gasteiger partial charge in [0.1, 0.15) is 0 Å². The van der Waals surface area contributed by atoms with E-state index in [0.717, 1.165) is 12.8 Å². The second-order valence-corrected chi connectivity index (χ2v) is 16.7. The Morgan fingerprint density at radius 3 is 0.917 bits per heavy atom. The minimum atomic E-state index is 0.962. The lowest BCUT2D eigenvalue weighted by Crippen LogP contribution is -1.93. The molecule has 60 heavy (non-hydrogen) atoms. The molecular formula is C60H38. The molecule has 0 amide bonds. The largest absolute Gasteiger partial charge is 0.0619 e. The molecule has 0 saturated carbocycles. The van der Waals surface area contributed by atoms with Gasteiger partial charge in [0, 0.05) is 0 Å². The van der Waals surface area contributed by atoms with Crippen LogP contribution < -0.4 is 0 Å². The molecule has 0 heterocycles. The molecule has 11 aromatic carbocycles. The topological polar surface area (TPSA) is 0 Å². The Bertz CT molecular complexity index is 3270. The van der Waals surface area contributed by atoms with E-state index in [1.54, 1.807) is 0 Å². The second kappa shape index (κ2) is 13.0. The molecule has 0 unspecified atom stereocenters. The molecule has 0 radical (unpaired) electrons. The minimum absolute atomic E-state index is 0.962. The predicted molar refractivity (Wildman–Crippen MR) is 255 cm³/mol. The molecule has 0 aromatic heterocycles. The summed E-state index contributed by atoms with van der Waals surface area (Å²) in [5, 5.41) is 10.3. The highest BCUT2D eigenvalue weighted by Gasteiger charge is 2.26. The highest BCUT2D eigenvalue weighted by Crippen LogP contribution is 2.49. The molecular weight excluding hydrogens is 721 g/mol. The van der Waals surface area contributed by atoms with E-state index < -0.39 is 0 Å². The summed E-state index contributed by atoms with van der Waals surface area (Å²) < 4.78 is 0. The maximum absolute atomic E-state index is 2.40. The highest BCUT2D eigenvalue weighted by molar-refractivity contribution is 6.21. The van der Waals surface area contributed by atoms with Gasteiger partial charge in [-0.25, -0.2) is 0 Å². The monoisotopic (exact) mass is 758 g/mol. The van der Waals surface area contributed by atoms with Gasteiger partial charge in [0.15, 0.2) is 0 Å². The minimum Gasteiger partial charge on any atom is -0.0619 e. The first-order chi connectivity index (χ1) is 29.8. The van der Waals surface area contributed by atoms with E-state index >= 15 is 0 Å². The number of hydrogen-bond acceptors (Lipinski definition) is 0. The van der Waals surface area contributed by atoms with E-state index in [9.17, 15) is 0 Å². The van der Waals surface area contributed by atoms with E-state index in [2.05, 4.69) is 206 Å². The smallest absolute Gasteiger partial charge is 0.000706 e. The van der Waals surface area contributed by atoms with Gasteiger partial charge in [-0.1, -0.05) is 194 Å². The van der Waals surface area contributed by atoms with Crippen molar-refractivity contribution in [2.75, 3.05) is 0 Å². The molecule has 0 aliphatic heterocycles. The maximum atomic E-state index is 2.40. The Kier molecular flexibility index (Phi) is 7.23. The summed E-state index contributed by atoms with van der Waals surface area (Å²) in [6.07, 6.45) is 1.92. The Morgan fingerprint density at radius 2 is 0.533 bits per heavy atom. The summed E-state index contributed by atoms with van der Waals surface area (Å²) in [7, 11) is 0. The first-order valence-electron chi connectivity index (χ1n) is 21.2. The van der Waals surface area contributed by atoms with Gasteiger partial charge in [0.25, 0.3) is 0 Å². The zero-order chi connectivity index (χ0) is 39.3. The molecule has 0 atom stereocenters. The lowest BCUT2D eigenvalue weighted by Gasteiger charge is -2.19. The van der Waals surface area contributed by atoms with Crippen LogP contribution in [0.15, 0.2) is 206 Å². The molecule has 13 rings (SSSR count). The van der Waals surface area contributed by atoms with Crippen molar-refractivity contribution >= 4 is 43.1 Å². The van der Waals surface area contributed by atoms with Crippen LogP contribution in [0, 0.1) is 0 Å². The van der Waals surface area contributed by atoms with Crippen LogP contribution in [0.25, 0.3) is 110 Å². The van der Waals surface area contributed by atoms with Crippen molar-refractivity contribution in [1.29, 1.82) is 0 Å². The maximum Gasteiger partial charge on any atom is -0.000706 e. The van der Waals surface area contributed by atoms with Crippen molar-refractivity contribution in [1.82, 2.24) is 0 Å². The summed E-state index contributed by atoms with van der Waals surface area (Å²) >= 11 is 0. The fourth-order valence-electron chi connectivity index (χ4n) is 10.9. The van der Waals surface area contributed by atoms with Gasteiger partial charge in [-0.2, -0.15) is 0 Å². The van der Waals surface area contributed by atoms with Crippen LogP contribution in [0.4, 0.5) is 0 Å². The fourth-order valence-corrected chi connectivity index (χ4v) is 10.9. The Hall–Kier alpha value is -7.54. The first kappa shape index (κ1) is 33.4. The molecule has 0 nitrogen and oxygen atoms in total. The van der Waals surface area contributed by atoms with E-state index in [1.165, 1.54) is 132 Å². The summed E-state index contributed by atoms with van der Waals surface area (Å²) in [4.78, 5) is 0. The van der Waals surface area contributed by atoms with Crippen molar-refractivity contribution in [3.63, 3.8) is 0 Å². The van der Waals surface area contributed by atoms with E-state index in [0.29, 0.717) is 0 Å². The third-order valence-corrected chi connectivity index (χ3v) is 13.5. The molecule has 0 N–H and O–H groups in total. The van der Waals surface area contributed by atoms with E-state index in [4.69, 9.17) is 0 Å². The number of fused-ring (bicyclic) bond motifs is 10. The lowest BCUT2D eigenvalue weighted by atomic mass is 9.84. The molecule has 0 fully saturated rings. The number of benzene rings is 11. The van der Waals surface area contributed by atoms with Crippen LogP contribution >= 0.6 is 0 Å². The van der Waals surface area contributed by atoms with Gasteiger partial charge in [-0.15, -0.1) is 0 Å². The lowest BCUT2D eigenvalue weighted by molar-refractivity contribution is 1.27. The van der Waals surface area contributed by atoms with Crippen molar-refractivity contribution in [3.05, 3.63) is 229 Å². The van der Waals surface area contributed by atoms with E-state index in [-0.39, 0.29) is 0 Å². The second-order valence-electron chi connectivity index (χ2n) is 16.7. The molecule has 0 bridgehead atoms. The van der Waals surface area contributed by atoms with E-state index in [1.807, 2.05) is 0 Å². The van der Waals surface area contributed by atoms with Crippen molar-refractivity contribution in [2.45, 2.75) is 12.8 Å². The normalized spacial score (nSPS) is 12.5. The van der Waals surface area contributed by atoms with Crippen LogP contribution in [-0.2, 0) is 12.8 Å². The fraction of sp³-hybridized carbons (Fsp3) is 0.0333. The van der Waals surface area contributed by atoms with Gasteiger partial charge in [-0.05, 0) is 157 Å². The van der Waals surface area contributed by atoms with Gasteiger partial charge in [0.2, 0.25) is 0 Å². The van der Waals surface area contributed by atoms with Gasteiger partial charge in [-0.3, -0.25) is 0 Å². The van der Waals surface area contributed by atoms with Crippen LogP contribution in [0.5, 0.6) is 0 Å². The molecule has 0 saturated heterocycles. The zero-order valence-corrected chi connectivity index (χ0v) is 33.0. The molecule has 0 heteroatoms. The summed E-state index contributed by atoms with van der Waals surface area (Å²) in [6, 6.07) is 77.3. The SMILES string of the molecule is c1ccc2c(c1)Cc1c-2cc2ccccc2c1-c1ccc(-c2c3ccccc3c(-c3ccc(-c4c5c(cc6ccccc46)-c4ccccc4C5)cc3)c3ccccc23)cc1. The Labute approximate surface area is 349 Å². The summed E-state index contributed by atoms with van der Waals surface area (Å²) in [5.41, 5.74) is 21.5. The van der Waals surface area contributed by atoms with Gasteiger partial charge >= 0.3 is 0 Å². The quantitative estimate of drug-likeness (QED) is 0.157. The average Bonchev–Trinajstić information content (AvgIpc) is 3.87. The molecule has 278 valence electrons. The van der Waals surface area contributed by atoms with Crippen molar-refractivity contribution in [3.8, 4) is 66.8 Å². The van der Waals surface area contributed by atoms with Crippen LogP contribution in [0.2, 0.25) is 0 Å². The zero-order valence-electron chi connectivity index (χ0n) is 33.0. The summed E-state index contributed by atoms with van der Waals surface area (Å²) in [5.74, 6) is 0. The molecule has 0 spiro atoms. The van der Waals surface area contributed by atoms with Gasteiger partial charge in [0.05, 0.1) is 0 Å². The summed E-state index contributed by atoms with van der Waals surface area (Å²) in [6.45, 7) is 0. The van der Waals surface area contributed by atoms with Crippen LogP contribution in [0.1, 0.15) is 22.3 Å².